The molecule has 0 fully saturated rings. The standard InChI is InChI=1S/C27H29N3O4/c1-16(2)28-27(31)34-15-18-7-6-8-19(12-18)29-26-20-10-9-17(3)11-22(20)30-23-14-25(33-5)24(32-4)13-21(23)26/h6-14,16H,15H2,1-5H3,(H,28,31)(H,29,30). The van der Waals surface area contributed by atoms with Gasteiger partial charge in [0.05, 0.1) is 30.9 Å². The Bertz CT molecular complexity index is 1350. The summed E-state index contributed by atoms with van der Waals surface area (Å²) in [4.78, 5) is 16.7. The number of methoxy groups -OCH3 is 2. The van der Waals surface area contributed by atoms with Crippen molar-refractivity contribution in [3.05, 3.63) is 65.7 Å². The van der Waals surface area contributed by atoms with E-state index in [2.05, 4.69) is 28.8 Å². The molecule has 34 heavy (non-hydrogen) atoms. The third-order valence-corrected chi connectivity index (χ3v) is 5.41. The Hall–Kier alpha value is -4.00. The van der Waals surface area contributed by atoms with Crippen molar-refractivity contribution in [1.82, 2.24) is 10.3 Å². The third-order valence-electron chi connectivity index (χ3n) is 5.41. The maximum atomic E-state index is 11.9. The molecule has 0 saturated carbocycles. The van der Waals surface area contributed by atoms with Crippen molar-refractivity contribution >= 4 is 39.3 Å². The summed E-state index contributed by atoms with van der Waals surface area (Å²) in [6.07, 6.45) is -0.434. The number of nitrogens with zero attached hydrogens (tertiary/aromatic N) is 1. The van der Waals surface area contributed by atoms with Gasteiger partial charge in [0.25, 0.3) is 0 Å². The fourth-order valence-corrected chi connectivity index (χ4v) is 3.83. The number of amides is 1. The van der Waals surface area contributed by atoms with Crippen LogP contribution in [-0.2, 0) is 11.3 Å². The maximum absolute atomic E-state index is 11.9. The molecular weight excluding hydrogens is 430 g/mol. The number of anilines is 2. The van der Waals surface area contributed by atoms with E-state index in [4.69, 9.17) is 19.2 Å². The normalized spacial score (nSPS) is 11.0. The number of carbonyl (C=O) groups excluding carboxylic acids is 1. The summed E-state index contributed by atoms with van der Waals surface area (Å²) in [5.74, 6) is 1.25. The molecule has 2 N–H and O–H groups in total. The number of hydrogen-bond donors (Lipinski definition) is 2. The van der Waals surface area contributed by atoms with Gasteiger partial charge in [-0.1, -0.05) is 24.3 Å². The van der Waals surface area contributed by atoms with E-state index in [-0.39, 0.29) is 12.6 Å². The number of carbonyl (C=O) groups is 1. The summed E-state index contributed by atoms with van der Waals surface area (Å²) in [5.41, 5.74) is 5.47. The summed E-state index contributed by atoms with van der Waals surface area (Å²) in [5, 5.41) is 8.19. The summed E-state index contributed by atoms with van der Waals surface area (Å²) >= 11 is 0. The van der Waals surface area contributed by atoms with Crippen molar-refractivity contribution in [2.24, 2.45) is 0 Å². The van der Waals surface area contributed by atoms with Gasteiger partial charge in [-0.05, 0) is 56.2 Å². The predicted octanol–water partition coefficient (Wildman–Crippen LogP) is 6.09. The highest BCUT2D eigenvalue weighted by Crippen LogP contribution is 2.39. The monoisotopic (exact) mass is 459 g/mol. The Morgan fingerprint density at radius 1 is 0.941 bits per heavy atom. The molecule has 0 unspecified atom stereocenters. The van der Waals surface area contributed by atoms with E-state index in [9.17, 15) is 4.79 Å². The molecule has 1 aromatic heterocycles. The molecule has 7 heteroatoms. The number of rotatable bonds is 7. The first kappa shape index (κ1) is 23.2. The van der Waals surface area contributed by atoms with Crippen LogP contribution < -0.4 is 20.1 Å². The highest BCUT2D eigenvalue weighted by molar-refractivity contribution is 6.09. The van der Waals surface area contributed by atoms with Crippen molar-refractivity contribution in [3.8, 4) is 11.5 Å². The molecule has 176 valence electrons. The first-order valence-electron chi connectivity index (χ1n) is 11.1. The van der Waals surface area contributed by atoms with Crippen molar-refractivity contribution in [2.75, 3.05) is 19.5 Å². The number of aromatic nitrogens is 1. The van der Waals surface area contributed by atoms with Crippen LogP contribution in [-0.4, -0.2) is 31.3 Å². The molecule has 0 atom stereocenters. The van der Waals surface area contributed by atoms with Crippen LogP contribution in [0.4, 0.5) is 16.2 Å². The first-order chi connectivity index (χ1) is 16.4. The van der Waals surface area contributed by atoms with Gasteiger partial charge in [-0.2, -0.15) is 0 Å². The van der Waals surface area contributed by atoms with Gasteiger partial charge < -0.3 is 24.8 Å². The van der Waals surface area contributed by atoms with Crippen molar-refractivity contribution in [1.29, 1.82) is 0 Å². The van der Waals surface area contributed by atoms with Crippen LogP contribution in [0, 0.1) is 6.92 Å². The van der Waals surface area contributed by atoms with Crippen LogP contribution in [0.5, 0.6) is 11.5 Å². The molecule has 7 nitrogen and oxygen atoms in total. The predicted molar refractivity (Wildman–Crippen MR) is 135 cm³/mol. The third kappa shape index (κ3) is 4.98. The number of ether oxygens (including phenoxy) is 3. The molecule has 4 rings (SSSR count). The van der Waals surface area contributed by atoms with Gasteiger partial charge in [0, 0.05) is 28.6 Å². The second kappa shape index (κ2) is 9.87. The highest BCUT2D eigenvalue weighted by atomic mass is 16.5. The minimum absolute atomic E-state index is 0.0213. The van der Waals surface area contributed by atoms with Crippen LogP contribution in [0.25, 0.3) is 21.8 Å². The van der Waals surface area contributed by atoms with E-state index in [0.717, 1.165) is 44.3 Å². The average Bonchev–Trinajstić information content (AvgIpc) is 2.81. The highest BCUT2D eigenvalue weighted by Gasteiger charge is 2.15. The van der Waals surface area contributed by atoms with E-state index in [0.29, 0.717) is 11.5 Å². The Balaban J connectivity index is 1.75. The molecule has 0 radical (unpaired) electrons. The number of hydrogen-bond acceptors (Lipinski definition) is 6. The van der Waals surface area contributed by atoms with E-state index >= 15 is 0 Å². The fourth-order valence-electron chi connectivity index (χ4n) is 3.83. The van der Waals surface area contributed by atoms with Gasteiger partial charge in [-0.3, -0.25) is 0 Å². The molecule has 1 heterocycles. The SMILES string of the molecule is COc1cc2nc3cc(C)ccc3c(Nc3cccc(COC(=O)NC(C)C)c3)c2cc1OC. The van der Waals surface area contributed by atoms with Gasteiger partial charge in [-0.25, -0.2) is 9.78 Å². The second-order valence-electron chi connectivity index (χ2n) is 8.43. The number of nitrogens with one attached hydrogen (secondary N) is 2. The molecular formula is C27H29N3O4. The number of alkyl carbamates (subject to hydrolysis) is 1. The lowest BCUT2D eigenvalue weighted by molar-refractivity contribution is 0.137. The van der Waals surface area contributed by atoms with Crippen LogP contribution >= 0.6 is 0 Å². The molecule has 0 saturated heterocycles. The Kier molecular flexibility index (Phi) is 6.72. The smallest absolute Gasteiger partial charge is 0.407 e. The number of aryl methyl sites for hydroxylation is 1. The average molecular weight is 460 g/mol. The van der Waals surface area contributed by atoms with Crippen molar-refractivity contribution < 1.29 is 19.0 Å². The number of fused-ring (bicyclic) bond motifs is 2. The molecule has 0 bridgehead atoms. The van der Waals surface area contributed by atoms with Crippen LogP contribution in [0.2, 0.25) is 0 Å². The van der Waals surface area contributed by atoms with E-state index in [1.807, 2.05) is 57.2 Å². The fraction of sp³-hybridized carbons (Fsp3) is 0.259. The maximum Gasteiger partial charge on any atom is 0.407 e. The quantitative estimate of drug-likeness (QED) is 0.325. The minimum Gasteiger partial charge on any atom is -0.493 e. The Morgan fingerprint density at radius 2 is 1.68 bits per heavy atom. The molecule has 0 spiro atoms. The summed E-state index contributed by atoms with van der Waals surface area (Å²) in [6, 6.07) is 17.8. The van der Waals surface area contributed by atoms with Gasteiger partial charge >= 0.3 is 6.09 Å². The molecule has 0 aliphatic carbocycles. The van der Waals surface area contributed by atoms with E-state index in [1.165, 1.54) is 0 Å². The lowest BCUT2D eigenvalue weighted by atomic mass is 10.0. The molecule has 0 aliphatic rings. The molecule has 3 aromatic carbocycles. The largest absolute Gasteiger partial charge is 0.493 e. The van der Waals surface area contributed by atoms with Crippen LogP contribution in [0.15, 0.2) is 54.6 Å². The lowest BCUT2D eigenvalue weighted by Crippen LogP contribution is -2.30. The Morgan fingerprint density at radius 3 is 2.41 bits per heavy atom. The first-order valence-corrected chi connectivity index (χ1v) is 11.1. The van der Waals surface area contributed by atoms with Gasteiger partial charge in [0.15, 0.2) is 11.5 Å². The van der Waals surface area contributed by atoms with Crippen molar-refractivity contribution in [2.45, 2.75) is 33.4 Å². The summed E-state index contributed by atoms with van der Waals surface area (Å²) in [7, 11) is 3.23. The van der Waals surface area contributed by atoms with E-state index in [1.54, 1.807) is 14.2 Å². The zero-order valence-corrected chi connectivity index (χ0v) is 20.1. The van der Waals surface area contributed by atoms with Gasteiger partial charge in [0.1, 0.15) is 6.61 Å². The molecule has 4 aromatic rings. The molecule has 1 amide bonds. The van der Waals surface area contributed by atoms with Gasteiger partial charge in [-0.15, -0.1) is 0 Å². The van der Waals surface area contributed by atoms with Crippen molar-refractivity contribution in [3.63, 3.8) is 0 Å². The zero-order valence-electron chi connectivity index (χ0n) is 20.1. The second-order valence-corrected chi connectivity index (χ2v) is 8.43. The number of benzene rings is 3. The minimum atomic E-state index is -0.434. The Labute approximate surface area is 199 Å². The number of pyridine rings is 1. The zero-order chi connectivity index (χ0) is 24.2. The summed E-state index contributed by atoms with van der Waals surface area (Å²) in [6.45, 7) is 6.00. The lowest BCUT2D eigenvalue weighted by Gasteiger charge is -2.16. The summed E-state index contributed by atoms with van der Waals surface area (Å²) < 4.78 is 16.4. The topological polar surface area (TPSA) is 81.7 Å². The van der Waals surface area contributed by atoms with Crippen LogP contribution in [0.1, 0.15) is 25.0 Å². The van der Waals surface area contributed by atoms with Crippen LogP contribution in [0.3, 0.4) is 0 Å². The van der Waals surface area contributed by atoms with Gasteiger partial charge in [0.2, 0.25) is 0 Å². The molecule has 0 aliphatic heterocycles. The van der Waals surface area contributed by atoms with E-state index < -0.39 is 6.09 Å².